The second-order valence-electron chi connectivity index (χ2n) is 4.39. The van der Waals surface area contributed by atoms with Crippen molar-refractivity contribution in [3.63, 3.8) is 0 Å². The van der Waals surface area contributed by atoms with Gasteiger partial charge in [-0.15, -0.1) is 0 Å². The molecular weight excluding hydrogens is 256 g/mol. The maximum atomic E-state index is 10.9. The number of ketones is 1. The fourth-order valence-electron chi connectivity index (χ4n) is 1.81. The Hall–Kier alpha value is -2.76. The van der Waals surface area contributed by atoms with E-state index in [2.05, 4.69) is 20.3 Å². The minimum absolute atomic E-state index is 0.0356. The molecule has 0 atom stereocenters. The predicted octanol–water partition coefficient (Wildman–Crippen LogP) is 2.29. The highest BCUT2D eigenvalue weighted by molar-refractivity contribution is 5.80. The van der Waals surface area contributed by atoms with E-state index in [4.69, 9.17) is 4.42 Å². The molecule has 0 bridgehead atoms. The predicted molar refractivity (Wildman–Crippen MR) is 74.2 cm³/mol. The highest BCUT2D eigenvalue weighted by atomic mass is 16.3. The van der Waals surface area contributed by atoms with Crippen molar-refractivity contribution in [1.29, 1.82) is 0 Å². The molecule has 0 spiro atoms. The molecule has 2 heterocycles. The van der Waals surface area contributed by atoms with E-state index in [1.54, 1.807) is 12.4 Å². The molecule has 3 aromatic rings. The van der Waals surface area contributed by atoms with Crippen LogP contribution in [0.3, 0.4) is 0 Å². The third-order valence-electron chi connectivity index (χ3n) is 2.81. The number of carbonyl (C=O) groups is 1. The van der Waals surface area contributed by atoms with Crippen LogP contribution in [0.1, 0.15) is 6.92 Å². The van der Waals surface area contributed by atoms with Crippen LogP contribution in [0.15, 0.2) is 41.4 Å². The lowest BCUT2D eigenvalue weighted by atomic mass is 10.1. The van der Waals surface area contributed by atoms with Crippen molar-refractivity contribution in [1.82, 2.24) is 15.0 Å². The molecule has 0 saturated heterocycles. The summed E-state index contributed by atoms with van der Waals surface area (Å²) >= 11 is 0. The molecule has 2 aromatic heterocycles. The van der Waals surface area contributed by atoms with Gasteiger partial charge in [0.2, 0.25) is 5.95 Å². The van der Waals surface area contributed by atoms with Gasteiger partial charge in [-0.25, -0.2) is 15.0 Å². The molecule has 0 aliphatic rings. The van der Waals surface area contributed by atoms with Crippen LogP contribution in [0, 0.1) is 0 Å². The Balaban J connectivity index is 1.84. The molecule has 1 N–H and O–H groups in total. The van der Waals surface area contributed by atoms with E-state index in [-0.39, 0.29) is 12.3 Å². The second-order valence-corrected chi connectivity index (χ2v) is 4.39. The van der Waals surface area contributed by atoms with E-state index >= 15 is 0 Å². The summed E-state index contributed by atoms with van der Waals surface area (Å²) in [5.41, 5.74) is 3.36. The zero-order chi connectivity index (χ0) is 13.9. The normalized spacial score (nSPS) is 10.7. The summed E-state index contributed by atoms with van der Waals surface area (Å²) in [6, 6.07) is 5.71. The van der Waals surface area contributed by atoms with Crippen LogP contribution in [-0.4, -0.2) is 27.3 Å². The minimum atomic E-state index is 0.0356. The van der Waals surface area contributed by atoms with Crippen LogP contribution in [0.25, 0.3) is 22.2 Å². The van der Waals surface area contributed by atoms with Gasteiger partial charge in [0.15, 0.2) is 12.0 Å². The van der Waals surface area contributed by atoms with E-state index < -0.39 is 0 Å². The van der Waals surface area contributed by atoms with Gasteiger partial charge in [-0.1, -0.05) is 6.07 Å². The van der Waals surface area contributed by atoms with Crippen molar-refractivity contribution in [3.05, 3.63) is 37.0 Å². The van der Waals surface area contributed by atoms with Gasteiger partial charge < -0.3 is 9.73 Å². The second kappa shape index (κ2) is 5.08. The number of oxazole rings is 1. The SMILES string of the molecule is CC(=O)CNc1ncc(-c2ccc3ncoc3c2)cn1. The Bertz CT molecular complexity index is 749. The topological polar surface area (TPSA) is 80.9 Å². The molecule has 0 amide bonds. The standard InChI is InChI=1S/C14H12N4O2/c1-9(19)5-15-14-16-6-11(7-17-14)10-2-3-12-13(4-10)20-8-18-12/h2-4,6-8H,5H2,1H3,(H,15,16,17). The molecule has 0 aliphatic carbocycles. The van der Waals surface area contributed by atoms with Gasteiger partial charge in [0.05, 0.1) is 6.54 Å². The summed E-state index contributed by atoms with van der Waals surface area (Å²) in [6.07, 6.45) is 4.82. The Morgan fingerprint density at radius 1 is 1.20 bits per heavy atom. The lowest BCUT2D eigenvalue weighted by Gasteiger charge is -2.04. The molecule has 100 valence electrons. The first-order valence-electron chi connectivity index (χ1n) is 6.11. The molecule has 0 fully saturated rings. The summed E-state index contributed by atoms with van der Waals surface area (Å²) < 4.78 is 5.27. The van der Waals surface area contributed by atoms with Crippen molar-refractivity contribution in [3.8, 4) is 11.1 Å². The van der Waals surface area contributed by atoms with E-state index in [1.807, 2.05) is 18.2 Å². The van der Waals surface area contributed by atoms with Gasteiger partial charge in [-0.05, 0) is 24.6 Å². The van der Waals surface area contributed by atoms with E-state index in [1.165, 1.54) is 13.3 Å². The number of fused-ring (bicyclic) bond motifs is 1. The Kier molecular flexibility index (Phi) is 3.12. The van der Waals surface area contributed by atoms with Crippen LogP contribution in [-0.2, 0) is 4.79 Å². The molecular formula is C14H12N4O2. The maximum Gasteiger partial charge on any atom is 0.222 e. The lowest BCUT2D eigenvalue weighted by Crippen LogP contribution is -2.11. The van der Waals surface area contributed by atoms with Gasteiger partial charge in [0.1, 0.15) is 11.3 Å². The number of nitrogens with one attached hydrogen (secondary N) is 1. The van der Waals surface area contributed by atoms with Crippen molar-refractivity contribution < 1.29 is 9.21 Å². The first kappa shape index (κ1) is 12.3. The summed E-state index contributed by atoms with van der Waals surface area (Å²) in [4.78, 5) is 23.3. The first-order valence-corrected chi connectivity index (χ1v) is 6.11. The number of nitrogens with zero attached hydrogens (tertiary/aromatic N) is 3. The fraction of sp³-hybridized carbons (Fsp3) is 0.143. The summed E-state index contributed by atoms with van der Waals surface area (Å²) in [7, 11) is 0. The van der Waals surface area contributed by atoms with E-state index in [0.717, 1.165) is 22.2 Å². The average Bonchev–Trinajstić information content (AvgIpc) is 2.93. The van der Waals surface area contributed by atoms with Gasteiger partial charge in [0, 0.05) is 18.0 Å². The van der Waals surface area contributed by atoms with Gasteiger partial charge in [0.25, 0.3) is 0 Å². The van der Waals surface area contributed by atoms with Crippen LogP contribution < -0.4 is 5.32 Å². The molecule has 1 aromatic carbocycles. The zero-order valence-electron chi connectivity index (χ0n) is 10.8. The lowest BCUT2D eigenvalue weighted by molar-refractivity contribution is -0.115. The first-order chi connectivity index (χ1) is 9.72. The number of carbonyl (C=O) groups excluding carboxylic acids is 1. The van der Waals surface area contributed by atoms with Crippen LogP contribution >= 0.6 is 0 Å². The van der Waals surface area contributed by atoms with Crippen LogP contribution in [0.4, 0.5) is 5.95 Å². The Labute approximate surface area is 114 Å². The quantitative estimate of drug-likeness (QED) is 0.781. The molecule has 6 nitrogen and oxygen atoms in total. The van der Waals surface area contributed by atoms with Crippen LogP contribution in [0.5, 0.6) is 0 Å². The molecule has 3 rings (SSSR count). The largest absolute Gasteiger partial charge is 0.443 e. The van der Waals surface area contributed by atoms with Gasteiger partial charge in [-0.3, -0.25) is 4.79 Å². The summed E-state index contributed by atoms with van der Waals surface area (Å²) in [6.45, 7) is 1.73. The zero-order valence-corrected chi connectivity index (χ0v) is 10.8. The molecule has 0 unspecified atom stereocenters. The number of aromatic nitrogens is 3. The summed E-state index contributed by atoms with van der Waals surface area (Å²) in [5.74, 6) is 0.471. The number of Topliss-reactive ketones (excluding diaryl/α,β-unsaturated/α-hetero) is 1. The maximum absolute atomic E-state index is 10.9. The fourth-order valence-corrected chi connectivity index (χ4v) is 1.81. The van der Waals surface area contributed by atoms with Crippen LogP contribution in [0.2, 0.25) is 0 Å². The van der Waals surface area contributed by atoms with E-state index in [9.17, 15) is 4.79 Å². The summed E-state index contributed by atoms with van der Waals surface area (Å²) in [5, 5.41) is 2.85. The average molecular weight is 268 g/mol. The smallest absolute Gasteiger partial charge is 0.222 e. The highest BCUT2D eigenvalue weighted by Gasteiger charge is 2.04. The number of hydrogen-bond donors (Lipinski definition) is 1. The number of anilines is 1. The molecule has 6 heteroatoms. The number of benzene rings is 1. The number of hydrogen-bond acceptors (Lipinski definition) is 6. The monoisotopic (exact) mass is 268 g/mol. The third kappa shape index (κ3) is 2.49. The molecule has 0 aliphatic heterocycles. The Morgan fingerprint density at radius 3 is 2.75 bits per heavy atom. The molecule has 0 saturated carbocycles. The van der Waals surface area contributed by atoms with E-state index in [0.29, 0.717) is 5.95 Å². The molecule has 0 radical (unpaired) electrons. The van der Waals surface area contributed by atoms with Crippen molar-refractivity contribution in [2.24, 2.45) is 0 Å². The third-order valence-corrected chi connectivity index (χ3v) is 2.81. The highest BCUT2D eigenvalue weighted by Crippen LogP contribution is 2.23. The number of rotatable bonds is 4. The minimum Gasteiger partial charge on any atom is -0.443 e. The van der Waals surface area contributed by atoms with Gasteiger partial charge in [-0.2, -0.15) is 0 Å². The van der Waals surface area contributed by atoms with Gasteiger partial charge >= 0.3 is 0 Å². The Morgan fingerprint density at radius 2 is 2.00 bits per heavy atom. The van der Waals surface area contributed by atoms with Crippen molar-refractivity contribution in [2.45, 2.75) is 6.92 Å². The molecule has 20 heavy (non-hydrogen) atoms. The van der Waals surface area contributed by atoms with Crippen molar-refractivity contribution >= 4 is 22.8 Å². The van der Waals surface area contributed by atoms with Crippen molar-refractivity contribution in [2.75, 3.05) is 11.9 Å².